The smallest absolute Gasteiger partial charge is 0.242 e. The van der Waals surface area contributed by atoms with Crippen molar-refractivity contribution in [2.75, 3.05) is 13.1 Å². The Bertz CT molecular complexity index is 325. The van der Waals surface area contributed by atoms with E-state index < -0.39 is 5.41 Å². The second-order valence-corrected chi connectivity index (χ2v) is 6.67. The highest BCUT2D eigenvalue weighted by Crippen LogP contribution is 2.35. The predicted octanol–water partition coefficient (Wildman–Crippen LogP) is 2.82. The van der Waals surface area contributed by atoms with Gasteiger partial charge in [-0.1, -0.05) is 20.8 Å². The van der Waals surface area contributed by atoms with Gasteiger partial charge in [0.15, 0.2) is 0 Å². The molecule has 0 aromatic rings. The van der Waals surface area contributed by atoms with Crippen molar-refractivity contribution in [3.05, 3.63) is 0 Å². The van der Waals surface area contributed by atoms with Crippen molar-refractivity contribution in [1.29, 1.82) is 5.26 Å². The summed E-state index contributed by atoms with van der Waals surface area (Å²) in [5.74, 6) is 0.657. The van der Waals surface area contributed by atoms with Gasteiger partial charge in [-0.15, -0.1) is 0 Å². The quantitative estimate of drug-likeness (QED) is 0.702. The molecule has 0 aromatic carbocycles. The number of hydrogen-bond donors (Lipinski definition) is 0. The van der Waals surface area contributed by atoms with E-state index in [0.717, 1.165) is 25.9 Å². The van der Waals surface area contributed by atoms with Crippen LogP contribution in [0.15, 0.2) is 0 Å². The Morgan fingerprint density at radius 3 is 2.00 bits per heavy atom. The molecule has 1 saturated heterocycles. The van der Waals surface area contributed by atoms with Gasteiger partial charge in [-0.05, 0) is 38.0 Å². The van der Waals surface area contributed by atoms with Gasteiger partial charge in [0.05, 0.1) is 6.07 Å². The maximum absolute atomic E-state index is 12.1. The van der Waals surface area contributed by atoms with E-state index in [1.807, 2.05) is 4.90 Å². The maximum atomic E-state index is 12.1. The van der Waals surface area contributed by atoms with Crippen LogP contribution in [0.2, 0.25) is 0 Å². The van der Waals surface area contributed by atoms with Crippen molar-refractivity contribution in [3.63, 3.8) is 0 Å². The monoisotopic (exact) mass is 236 g/mol. The molecule has 0 aliphatic carbocycles. The van der Waals surface area contributed by atoms with E-state index in [4.69, 9.17) is 5.26 Å². The van der Waals surface area contributed by atoms with E-state index in [1.165, 1.54) is 0 Å². The standard InChI is InChI=1S/C14H24N2O/c1-13(2,3)11-6-8-16(9-7-11)12(17)14(4,5)10-15/h11H,6-9H2,1-5H3. The number of rotatable bonds is 1. The minimum absolute atomic E-state index is 0.0210. The van der Waals surface area contributed by atoms with E-state index >= 15 is 0 Å². The van der Waals surface area contributed by atoms with Gasteiger partial charge in [-0.25, -0.2) is 0 Å². The van der Waals surface area contributed by atoms with Gasteiger partial charge >= 0.3 is 0 Å². The molecule has 0 N–H and O–H groups in total. The number of carbonyl (C=O) groups is 1. The molecule has 0 saturated carbocycles. The Labute approximate surface area is 105 Å². The average molecular weight is 236 g/mol. The Kier molecular flexibility index (Phi) is 3.86. The van der Waals surface area contributed by atoms with Crippen LogP contribution in [0.3, 0.4) is 0 Å². The normalized spacial score (nSPS) is 18.9. The molecule has 0 unspecified atom stereocenters. The Morgan fingerprint density at radius 1 is 1.18 bits per heavy atom. The number of carbonyl (C=O) groups excluding carboxylic acids is 1. The molecule has 1 fully saturated rings. The summed E-state index contributed by atoms with van der Waals surface area (Å²) in [4.78, 5) is 14.0. The lowest BCUT2D eigenvalue weighted by atomic mass is 9.75. The number of amides is 1. The summed E-state index contributed by atoms with van der Waals surface area (Å²) >= 11 is 0. The molecule has 3 heteroatoms. The molecule has 1 aliphatic rings. The number of piperidine rings is 1. The van der Waals surface area contributed by atoms with Gasteiger partial charge in [0, 0.05) is 13.1 Å². The average Bonchev–Trinajstić information content (AvgIpc) is 2.27. The van der Waals surface area contributed by atoms with Gasteiger partial charge in [-0.3, -0.25) is 4.79 Å². The first kappa shape index (κ1) is 14.0. The van der Waals surface area contributed by atoms with Crippen molar-refractivity contribution in [2.24, 2.45) is 16.7 Å². The molecule has 0 atom stereocenters. The van der Waals surface area contributed by atoms with Crippen LogP contribution in [0, 0.1) is 28.1 Å². The van der Waals surface area contributed by atoms with Crippen LogP contribution in [-0.4, -0.2) is 23.9 Å². The second-order valence-electron chi connectivity index (χ2n) is 6.67. The zero-order chi connectivity index (χ0) is 13.3. The van der Waals surface area contributed by atoms with Crippen molar-refractivity contribution in [1.82, 2.24) is 4.90 Å². The first-order chi connectivity index (χ1) is 7.68. The fourth-order valence-corrected chi connectivity index (χ4v) is 2.39. The lowest BCUT2D eigenvalue weighted by molar-refractivity contribution is -0.139. The van der Waals surface area contributed by atoms with Crippen LogP contribution in [0.1, 0.15) is 47.5 Å². The predicted molar refractivity (Wildman–Crippen MR) is 68.2 cm³/mol. The van der Waals surface area contributed by atoms with Crippen LogP contribution in [-0.2, 0) is 4.79 Å². The highest BCUT2D eigenvalue weighted by atomic mass is 16.2. The first-order valence-corrected chi connectivity index (χ1v) is 6.39. The summed E-state index contributed by atoms with van der Waals surface area (Å²) < 4.78 is 0. The summed E-state index contributed by atoms with van der Waals surface area (Å²) in [5.41, 5.74) is -0.561. The van der Waals surface area contributed by atoms with Crippen molar-refractivity contribution in [3.8, 4) is 6.07 Å². The third kappa shape index (κ3) is 3.21. The molecular formula is C14H24N2O. The zero-order valence-electron chi connectivity index (χ0n) is 11.7. The van der Waals surface area contributed by atoms with Gasteiger partial charge in [-0.2, -0.15) is 5.26 Å². The van der Waals surface area contributed by atoms with Gasteiger partial charge in [0.1, 0.15) is 5.41 Å². The molecule has 0 spiro atoms. The molecule has 0 radical (unpaired) electrons. The third-order valence-corrected chi connectivity index (χ3v) is 3.82. The summed E-state index contributed by atoms with van der Waals surface area (Å²) in [7, 11) is 0. The third-order valence-electron chi connectivity index (χ3n) is 3.82. The fraction of sp³-hybridized carbons (Fsp3) is 0.857. The van der Waals surface area contributed by atoms with Crippen LogP contribution >= 0.6 is 0 Å². The topological polar surface area (TPSA) is 44.1 Å². The summed E-state index contributed by atoms with van der Waals surface area (Å²) in [6.07, 6.45) is 2.10. The van der Waals surface area contributed by atoms with Crippen LogP contribution in [0.4, 0.5) is 0 Å². The summed E-state index contributed by atoms with van der Waals surface area (Å²) in [5, 5.41) is 8.98. The SMILES string of the molecule is CC(C)(C#N)C(=O)N1CCC(C(C)(C)C)CC1. The Balaban J connectivity index is 2.60. The van der Waals surface area contributed by atoms with Crippen LogP contribution in [0.5, 0.6) is 0 Å². The van der Waals surface area contributed by atoms with Crippen LogP contribution in [0.25, 0.3) is 0 Å². The number of nitrogens with zero attached hydrogens (tertiary/aromatic N) is 2. The lowest BCUT2D eigenvalue weighted by Crippen LogP contribution is -2.46. The molecule has 0 aromatic heterocycles. The first-order valence-electron chi connectivity index (χ1n) is 6.39. The van der Waals surface area contributed by atoms with Gasteiger partial charge in [0.2, 0.25) is 5.91 Å². The number of likely N-dealkylation sites (tertiary alicyclic amines) is 1. The zero-order valence-corrected chi connectivity index (χ0v) is 11.7. The largest absolute Gasteiger partial charge is 0.341 e. The molecule has 3 nitrogen and oxygen atoms in total. The minimum Gasteiger partial charge on any atom is -0.341 e. The summed E-state index contributed by atoms with van der Waals surface area (Å²) in [6, 6.07) is 2.09. The molecule has 17 heavy (non-hydrogen) atoms. The summed E-state index contributed by atoms with van der Waals surface area (Å²) in [6.45, 7) is 11.8. The van der Waals surface area contributed by atoms with Crippen molar-refractivity contribution >= 4 is 5.91 Å². The highest BCUT2D eigenvalue weighted by molar-refractivity contribution is 5.84. The molecule has 1 rings (SSSR count). The maximum Gasteiger partial charge on any atom is 0.242 e. The van der Waals surface area contributed by atoms with Crippen LogP contribution < -0.4 is 0 Å². The minimum atomic E-state index is -0.880. The van der Waals surface area contributed by atoms with E-state index in [2.05, 4.69) is 26.8 Å². The van der Waals surface area contributed by atoms with Gasteiger partial charge in [0.25, 0.3) is 0 Å². The molecule has 96 valence electrons. The molecule has 0 bridgehead atoms. The lowest BCUT2D eigenvalue weighted by Gasteiger charge is -2.40. The van der Waals surface area contributed by atoms with Gasteiger partial charge < -0.3 is 4.90 Å². The Hall–Kier alpha value is -1.04. The molecular weight excluding hydrogens is 212 g/mol. The molecule has 1 aliphatic heterocycles. The number of hydrogen-bond acceptors (Lipinski definition) is 2. The number of nitriles is 1. The second kappa shape index (κ2) is 4.68. The van der Waals surface area contributed by atoms with Crippen molar-refractivity contribution in [2.45, 2.75) is 47.5 Å². The fourth-order valence-electron chi connectivity index (χ4n) is 2.39. The van der Waals surface area contributed by atoms with E-state index in [1.54, 1.807) is 13.8 Å². The molecule has 1 amide bonds. The highest BCUT2D eigenvalue weighted by Gasteiger charge is 2.36. The van der Waals surface area contributed by atoms with E-state index in [9.17, 15) is 4.79 Å². The van der Waals surface area contributed by atoms with Crippen molar-refractivity contribution < 1.29 is 4.79 Å². The van der Waals surface area contributed by atoms with E-state index in [0.29, 0.717) is 11.3 Å². The Morgan fingerprint density at radius 2 is 1.65 bits per heavy atom. The van der Waals surface area contributed by atoms with E-state index in [-0.39, 0.29) is 5.91 Å². The molecule has 1 heterocycles.